The van der Waals surface area contributed by atoms with E-state index < -0.39 is 0 Å². The SMILES string of the molecule is Cc1nn(-c2ccccc2)c2nc3c(cc12)CN(C1CCCC1)C(=O)O3. The minimum atomic E-state index is -0.279. The number of para-hydroxylation sites is 1. The van der Waals surface area contributed by atoms with E-state index in [4.69, 9.17) is 4.74 Å². The molecule has 3 heterocycles. The van der Waals surface area contributed by atoms with Crippen LogP contribution in [0.15, 0.2) is 36.4 Å². The quantitative estimate of drug-likeness (QED) is 0.703. The zero-order valence-electron chi connectivity index (χ0n) is 14.7. The molecule has 1 aliphatic carbocycles. The molecular weight excluding hydrogens is 328 g/mol. The number of pyridine rings is 1. The molecule has 6 nitrogen and oxygen atoms in total. The summed E-state index contributed by atoms with van der Waals surface area (Å²) in [5.41, 5.74) is 3.53. The number of aromatic nitrogens is 3. The Balaban J connectivity index is 1.60. The third-order valence-electron chi connectivity index (χ3n) is 5.41. The summed E-state index contributed by atoms with van der Waals surface area (Å²) in [6.45, 7) is 2.55. The van der Waals surface area contributed by atoms with Gasteiger partial charge in [0.05, 0.1) is 17.9 Å². The highest BCUT2D eigenvalue weighted by molar-refractivity contribution is 5.83. The van der Waals surface area contributed by atoms with Crippen LogP contribution in [0, 0.1) is 6.92 Å². The van der Waals surface area contributed by atoms with E-state index in [2.05, 4.69) is 16.1 Å². The Kier molecular flexibility index (Phi) is 3.45. The van der Waals surface area contributed by atoms with Crippen LogP contribution in [0.5, 0.6) is 5.88 Å². The molecule has 0 N–H and O–H groups in total. The van der Waals surface area contributed by atoms with Gasteiger partial charge in [0.1, 0.15) is 0 Å². The lowest BCUT2D eigenvalue weighted by molar-refractivity contribution is 0.114. The van der Waals surface area contributed by atoms with Crippen molar-refractivity contribution in [1.82, 2.24) is 19.7 Å². The maximum Gasteiger partial charge on any atom is 0.417 e. The number of hydrogen-bond acceptors (Lipinski definition) is 4. The Hall–Kier alpha value is -2.89. The number of aryl methyl sites for hydroxylation is 1. The first-order valence-electron chi connectivity index (χ1n) is 9.14. The summed E-state index contributed by atoms with van der Waals surface area (Å²) in [5, 5.41) is 5.64. The molecule has 5 rings (SSSR count). The number of amides is 1. The van der Waals surface area contributed by atoms with Crippen molar-refractivity contribution in [3.63, 3.8) is 0 Å². The Morgan fingerprint density at radius 1 is 1.15 bits per heavy atom. The molecule has 1 fully saturated rings. The molecule has 1 aliphatic heterocycles. The van der Waals surface area contributed by atoms with Crippen LogP contribution in [0.25, 0.3) is 16.7 Å². The van der Waals surface area contributed by atoms with Crippen LogP contribution in [0.1, 0.15) is 36.9 Å². The second-order valence-electron chi connectivity index (χ2n) is 7.09. The predicted molar refractivity (Wildman–Crippen MR) is 97.4 cm³/mol. The Morgan fingerprint density at radius 3 is 2.69 bits per heavy atom. The van der Waals surface area contributed by atoms with E-state index >= 15 is 0 Å². The van der Waals surface area contributed by atoms with Crippen LogP contribution in [0.4, 0.5) is 4.79 Å². The van der Waals surface area contributed by atoms with E-state index in [0.717, 1.165) is 40.8 Å². The molecule has 132 valence electrons. The van der Waals surface area contributed by atoms with Crippen molar-refractivity contribution in [2.24, 2.45) is 0 Å². The first kappa shape index (κ1) is 15.4. The first-order valence-corrected chi connectivity index (χ1v) is 9.14. The summed E-state index contributed by atoms with van der Waals surface area (Å²) in [6, 6.07) is 12.2. The largest absolute Gasteiger partial charge is 0.417 e. The van der Waals surface area contributed by atoms with Crippen molar-refractivity contribution < 1.29 is 9.53 Å². The van der Waals surface area contributed by atoms with Crippen molar-refractivity contribution in [3.8, 4) is 11.6 Å². The number of hydrogen-bond donors (Lipinski definition) is 0. The number of carbonyl (C=O) groups is 1. The van der Waals surface area contributed by atoms with E-state index in [1.807, 2.05) is 46.8 Å². The van der Waals surface area contributed by atoms with E-state index in [9.17, 15) is 4.79 Å². The highest BCUT2D eigenvalue weighted by atomic mass is 16.6. The molecule has 0 unspecified atom stereocenters. The monoisotopic (exact) mass is 348 g/mol. The fourth-order valence-electron chi connectivity index (χ4n) is 4.04. The third-order valence-corrected chi connectivity index (χ3v) is 5.41. The van der Waals surface area contributed by atoms with Crippen LogP contribution in [-0.4, -0.2) is 31.8 Å². The molecule has 2 aliphatic rings. The zero-order chi connectivity index (χ0) is 17.7. The average Bonchev–Trinajstić information content (AvgIpc) is 3.29. The summed E-state index contributed by atoms with van der Waals surface area (Å²) in [5.74, 6) is 0.411. The summed E-state index contributed by atoms with van der Waals surface area (Å²) < 4.78 is 7.41. The number of benzene rings is 1. The Bertz CT molecular complexity index is 990. The molecule has 26 heavy (non-hydrogen) atoms. The van der Waals surface area contributed by atoms with Crippen molar-refractivity contribution in [2.45, 2.75) is 45.2 Å². The maximum absolute atomic E-state index is 12.5. The van der Waals surface area contributed by atoms with Gasteiger partial charge in [-0.15, -0.1) is 0 Å². The van der Waals surface area contributed by atoms with Crippen molar-refractivity contribution in [3.05, 3.63) is 47.7 Å². The van der Waals surface area contributed by atoms with Gasteiger partial charge in [0.25, 0.3) is 0 Å². The van der Waals surface area contributed by atoms with Gasteiger partial charge in [0, 0.05) is 17.0 Å². The van der Waals surface area contributed by atoms with Crippen molar-refractivity contribution >= 4 is 17.1 Å². The molecule has 0 spiro atoms. The maximum atomic E-state index is 12.5. The summed E-state index contributed by atoms with van der Waals surface area (Å²) >= 11 is 0. The number of fused-ring (bicyclic) bond motifs is 2. The van der Waals surface area contributed by atoms with Gasteiger partial charge in [0.2, 0.25) is 5.88 Å². The lowest BCUT2D eigenvalue weighted by Crippen LogP contribution is -2.43. The van der Waals surface area contributed by atoms with E-state index in [1.165, 1.54) is 12.8 Å². The summed E-state index contributed by atoms with van der Waals surface area (Å²) in [4.78, 5) is 19.0. The molecule has 1 amide bonds. The van der Waals surface area contributed by atoms with Gasteiger partial charge in [-0.05, 0) is 38.0 Å². The second-order valence-corrected chi connectivity index (χ2v) is 7.09. The molecule has 1 saturated carbocycles. The third kappa shape index (κ3) is 2.36. The van der Waals surface area contributed by atoms with Gasteiger partial charge in [-0.25, -0.2) is 9.48 Å². The van der Waals surface area contributed by atoms with Gasteiger partial charge < -0.3 is 9.64 Å². The van der Waals surface area contributed by atoms with Crippen molar-refractivity contribution in [2.75, 3.05) is 0 Å². The highest BCUT2D eigenvalue weighted by Gasteiger charge is 2.34. The van der Waals surface area contributed by atoms with Crippen LogP contribution in [0.3, 0.4) is 0 Å². The predicted octanol–water partition coefficient (Wildman–Crippen LogP) is 3.99. The molecule has 0 radical (unpaired) electrons. The molecule has 6 heteroatoms. The van der Waals surface area contributed by atoms with Crippen LogP contribution < -0.4 is 4.74 Å². The van der Waals surface area contributed by atoms with Crippen LogP contribution in [-0.2, 0) is 6.54 Å². The zero-order valence-corrected chi connectivity index (χ0v) is 14.7. The Labute approximate surface area is 151 Å². The summed E-state index contributed by atoms with van der Waals surface area (Å²) in [6.07, 6.45) is 4.21. The standard InChI is InChI=1S/C20H20N4O2/c1-13-17-11-14-12-23(15-7-5-6-8-15)20(25)26-19(14)21-18(17)24(22-13)16-9-3-2-4-10-16/h2-4,9-11,15H,5-8,12H2,1H3. The van der Waals surface area contributed by atoms with Crippen molar-refractivity contribution in [1.29, 1.82) is 0 Å². The molecular formula is C20H20N4O2. The smallest absolute Gasteiger partial charge is 0.391 e. The Morgan fingerprint density at radius 2 is 1.92 bits per heavy atom. The van der Waals surface area contributed by atoms with E-state index in [1.54, 1.807) is 0 Å². The van der Waals surface area contributed by atoms with Gasteiger partial charge in [-0.1, -0.05) is 31.0 Å². The molecule has 1 aromatic carbocycles. The first-order chi connectivity index (χ1) is 12.7. The lowest BCUT2D eigenvalue weighted by Gasteiger charge is -2.32. The van der Waals surface area contributed by atoms with Gasteiger partial charge in [-0.2, -0.15) is 10.1 Å². The molecule has 2 aromatic heterocycles. The highest BCUT2D eigenvalue weighted by Crippen LogP contribution is 2.34. The fraction of sp³-hybridized carbons (Fsp3) is 0.350. The summed E-state index contributed by atoms with van der Waals surface area (Å²) in [7, 11) is 0. The van der Waals surface area contributed by atoms with Gasteiger partial charge >= 0.3 is 6.09 Å². The van der Waals surface area contributed by atoms with E-state index in [0.29, 0.717) is 18.5 Å². The normalized spacial score (nSPS) is 17.6. The molecule has 0 atom stereocenters. The van der Waals surface area contributed by atoms with Crippen LogP contribution >= 0.6 is 0 Å². The number of nitrogens with zero attached hydrogens (tertiary/aromatic N) is 4. The van der Waals surface area contributed by atoms with Gasteiger partial charge in [0.15, 0.2) is 5.65 Å². The van der Waals surface area contributed by atoms with E-state index in [-0.39, 0.29) is 6.09 Å². The average molecular weight is 348 g/mol. The number of ether oxygens (including phenoxy) is 1. The minimum Gasteiger partial charge on any atom is -0.391 e. The number of carbonyl (C=O) groups excluding carboxylic acids is 1. The number of rotatable bonds is 2. The van der Waals surface area contributed by atoms with Gasteiger partial charge in [-0.3, -0.25) is 0 Å². The molecule has 0 bridgehead atoms. The minimum absolute atomic E-state index is 0.279. The topological polar surface area (TPSA) is 60.2 Å². The lowest BCUT2D eigenvalue weighted by atomic mass is 10.1. The fourth-order valence-corrected chi connectivity index (χ4v) is 4.04. The molecule has 3 aromatic rings. The second kappa shape index (κ2) is 5.83. The van der Waals surface area contributed by atoms with Crippen LogP contribution in [0.2, 0.25) is 0 Å². The molecule has 0 saturated heterocycles.